The van der Waals surface area contributed by atoms with Crippen LogP contribution in [0, 0.1) is 17.3 Å². The van der Waals surface area contributed by atoms with E-state index in [4.69, 9.17) is 23.7 Å². The Balaban J connectivity index is 1.80. The van der Waals surface area contributed by atoms with Crippen molar-refractivity contribution in [1.82, 2.24) is 0 Å². The van der Waals surface area contributed by atoms with Gasteiger partial charge in [-0.3, -0.25) is 4.79 Å². The van der Waals surface area contributed by atoms with Gasteiger partial charge in [-0.1, -0.05) is 20.1 Å². The van der Waals surface area contributed by atoms with E-state index in [0.717, 1.165) is 5.57 Å². The molecule has 2 heterocycles. The van der Waals surface area contributed by atoms with Gasteiger partial charge in [0, 0.05) is 50.2 Å². The highest BCUT2D eigenvalue weighted by atomic mass is 16.9. The molecule has 0 aromatic heterocycles. The monoisotopic (exact) mass is 378 g/mol. The van der Waals surface area contributed by atoms with Crippen LogP contribution in [0.1, 0.15) is 33.6 Å². The van der Waals surface area contributed by atoms with Gasteiger partial charge < -0.3 is 23.7 Å². The highest BCUT2D eigenvalue weighted by molar-refractivity contribution is 5.91. The van der Waals surface area contributed by atoms with Gasteiger partial charge in [0.1, 0.15) is 12.2 Å². The second-order valence-corrected chi connectivity index (χ2v) is 8.27. The van der Waals surface area contributed by atoms with Gasteiger partial charge in [0.15, 0.2) is 0 Å². The summed E-state index contributed by atoms with van der Waals surface area (Å²) in [6.45, 7) is 13.3. The van der Waals surface area contributed by atoms with Crippen molar-refractivity contribution in [3.05, 3.63) is 24.3 Å². The molecular formula is C20H26O7. The summed E-state index contributed by atoms with van der Waals surface area (Å²) in [7, 11) is 1.53. The molecule has 0 aromatic rings. The number of carbonyl (C=O) groups excluding carboxylic acids is 2. The van der Waals surface area contributed by atoms with Crippen LogP contribution in [0.4, 0.5) is 0 Å². The Hall–Kier alpha value is -1.70. The molecule has 148 valence electrons. The molecule has 7 nitrogen and oxygen atoms in total. The molecule has 2 saturated heterocycles. The molecule has 2 saturated carbocycles. The predicted molar refractivity (Wildman–Crippen MR) is 93.2 cm³/mol. The number of methoxy groups -OCH3 is 1. The summed E-state index contributed by atoms with van der Waals surface area (Å²) in [5.74, 6) is -2.43. The molecule has 0 bridgehead atoms. The van der Waals surface area contributed by atoms with Gasteiger partial charge in [-0.2, -0.15) is 0 Å². The number of carbonyl (C=O) groups is 2. The minimum Gasteiger partial charge on any atom is -0.458 e. The van der Waals surface area contributed by atoms with Gasteiger partial charge >= 0.3 is 11.9 Å². The Bertz CT molecular complexity index is 730. The van der Waals surface area contributed by atoms with E-state index in [2.05, 4.69) is 20.1 Å². The third-order valence-electron chi connectivity index (χ3n) is 6.84. The molecule has 4 fully saturated rings. The molecule has 0 aromatic carbocycles. The zero-order valence-corrected chi connectivity index (χ0v) is 16.2. The van der Waals surface area contributed by atoms with Crippen LogP contribution in [0.5, 0.6) is 0 Å². The van der Waals surface area contributed by atoms with Crippen LogP contribution in [0.3, 0.4) is 0 Å². The molecular weight excluding hydrogens is 352 g/mol. The molecule has 0 unspecified atom stereocenters. The molecule has 7 heteroatoms. The molecule has 4 aliphatic rings. The fourth-order valence-electron chi connectivity index (χ4n) is 5.38. The summed E-state index contributed by atoms with van der Waals surface area (Å²) in [5.41, 5.74) is 0.701. The fourth-order valence-corrected chi connectivity index (χ4v) is 5.38. The third-order valence-corrected chi connectivity index (χ3v) is 6.84. The van der Waals surface area contributed by atoms with Crippen molar-refractivity contribution >= 4 is 11.9 Å². The normalized spacial score (nSPS) is 48.5. The van der Waals surface area contributed by atoms with E-state index in [9.17, 15) is 9.59 Å². The van der Waals surface area contributed by atoms with Crippen LogP contribution >= 0.6 is 0 Å². The van der Waals surface area contributed by atoms with E-state index in [1.807, 2.05) is 0 Å². The van der Waals surface area contributed by atoms with Crippen LogP contribution in [0.2, 0.25) is 0 Å². The molecule has 0 amide bonds. The smallest absolute Gasteiger partial charge is 0.334 e. The van der Waals surface area contributed by atoms with Crippen molar-refractivity contribution in [3.63, 3.8) is 0 Å². The van der Waals surface area contributed by atoms with Crippen LogP contribution in [-0.2, 0) is 33.3 Å². The topological polar surface area (TPSA) is 80.3 Å². The summed E-state index contributed by atoms with van der Waals surface area (Å²) in [6, 6.07) is 0. The second-order valence-electron chi connectivity index (χ2n) is 8.27. The minimum absolute atomic E-state index is 0.173. The molecule has 0 N–H and O–H groups in total. The van der Waals surface area contributed by atoms with Crippen molar-refractivity contribution in [2.75, 3.05) is 7.11 Å². The van der Waals surface area contributed by atoms with E-state index in [-0.39, 0.29) is 36.0 Å². The lowest BCUT2D eigenvalue weighted by Crippen LogP contribution is -2.69. The minimum atomic E-state index is -1.21. The number of fused-ring (bicyclic) bond motifs is 2. The number of hydrogen-bond acceptors (Lipinski definition) is 7. The summed E-state index contributed by atoms with van der Waals surface area (Å²) >= 11 is 0. The van der Waals surface area contributed by atoms with Crippen molar-refractivity contribution < 1.29 is 33.3 Å². The maximum Gasteiger partial charge on any atom is 0.334 e. The predicted octanol–water partition coefficient (Wildman–Crippen LogP) is 2.11. The van der Waals surface area contributed by atoms with Crippen molar-refractivity contribution in [1.29, 1.82) is 0 Å². The number of esters is 2. The first kappa shape index (κ1) is 18.7. The fraction of sp³-hybridized carbons (Fsp3) is 0.700. The SMILES string of the molecule is C=C1[C@@H]2[C@@H]3OC(=O)C(=C)[C@@H]3C[C@H]3O[C@](C)(OC)O[C@@H](C[C@H]1OC(C)=O)[C@@]23C. The van der Waals surface area contributed by atoms with Gasteiger partial charge in [0.05, 0.1) is 12.2 Å². The van der Waals surface area contributed by atoms with Crippen molar-refractivity contribution in [2.24, 2.45) is 17.3 Å². The molecule has 4 rings (SSSR count). The number of ether oxygens (including phenoxy) is 5. The van der Waals surface area contributed by atoms with Gasteiger partial charge in [-0.15, -0.1) is 0 Å². The summed E-state index contributed by atoms with van der Waals surface area (Å²) in [6.07, 6.45) is -0.429. The summed E-state index contributed by atoms with van der Waals surface area (Å²) in [5, 5.41) is 0. The Morgan fingerprint density at radius 3 is 2.41 bits per heavy atom. The lowest BCUT2D eigenvalue weighted by Gasteiger charge is -2.62. The first-order chi connectivity index (χ1) is 12.6. The van der Waals surface area contributed by atoms with Crippen LogP contribution in [0.15, 0.2) is 24.3 Å². The largest absolute Gasteiger partial charge is 0.458 e. The Kier molecular flexibility index (Phi) is 4.07. The van der Waals surface area contributed by atoms with Crippen LogP contribution in [-0.4, -0.2) is 49.4 Å². The number of rotatable bonds is 2. The van der Waals surface area contributed by atoms with Crippen LogP contribution in [0.25, 0.3) is 0 Å². The molecule has 27 heavy (non-hydrogen) atoms. The first-order valence-electron chi connectivity index (χ1n) is 9.27. The van der Waals surface area contributed by atoms with Gasteiger partial charge in [0.2, 0.25) is 0 Å². The second kappa shape index (κ2) is 5.90. The van der Waals surface area contributed by atoms with Gasteiger partial charge in [-0.25, -0.2) is 4.79 Å². The van der Waals surface area contributed by atoms with E-state index >= 15 is 0 Å². The van der Waals surface area contributed by atoms with E-state index in [0.29, 0.717) is 18.4 Å². The molecule has 8 atom stereocenters. The Morgan fingerprint density at radius 2 is 1.81 bits per heavy atom. The highest BCUT2D eigenvalue weighted by Crippen LogP contribution is 2.62. The maximum absolute atomic E-state index is 12.2. The summed E-state index contributed by atoms with van der Waals surface area (Å²) < 4.78 is 29.1. The Labute approximate surface area is 158 Å². The zero-order chi connectivity index (χ0) is 19.7. The quantitative estimate of drug-likeness (QED) is 0.414. The average molecular weight is 378 g/mol. The highest BCUT2D eigenvalue weighted by Gasteiger charge is 2.68. The molecule has 2 aliphatic heterocycles. The van der Waals surface area contributed by atoms with E-state index in [1.165, 1.54) is 14.0 Å². The molecule has 2 aliphatic carbocycles. The molecule has 0 radical (unpaired) electrons. The average Bonchev–Trinajstić information content (AvgIpc) is 2.86. The lowest BCUT2D eigenvalue weighted by atomic mass is 9.52. The van der Waals surface area contributed by atoms with E-state index in [1.54, 1.807) is 6.92 Å². The van der Waals surface area contributed by atoms with Gasteiger partial charge in [-0.05, 0) is 12.0 Å². The number of hydrogen-bond donors (Lipinski definition) is 0. The van der Waals surface area contributed by atoms with Crippen molar-refractivity contribution in [3.8, 4) is 0 Å². The maximum atomic E-state index is 12.2. The first-order valence-corrected chi connectivity index (χ1v) is 9.27. The van der Waals surface area contributed by atoms with Crippen molar-refractivity contribution in [2.45, 2.75) is 64.0 Å². The zero-order valence-electron chi connectivity index (χ0n) is 16.2. The summed E-state index contributed by atoms with van der Waals surface area (Å²) in [4.78, 5) is 23.9. The Morgan fingerprint density at radius 1 is 1.19 bits per heavy atom. The van der Waals surface area contributed by atoms with E-state index < -0.39 is 23.6 Å². The lowest BCUT2D eigenvalue weighted by molar-refractivity contribution is -0.458. The molecule has 0 spiro atoms. The van der Waals surface area contributed by atoms with Crippen LogP contribution < -0.4 is 0 Å². The third kappa shape index (κ3) is 2.52. The standard InChI is InChI=1S/C20H26O7/c1-9-12-7-14-19(4)15(27-20(5,23-6)26-14)8-13(24-11(3)21)10(2)16(19)17(12)25-18(9)22/h12-17H,1-2,7-8H2,3-6H3/t12-,13+,14+,15-,16+,17+,19-,20-/m0/s1. The van der Waals surface area contributed by atoms with Gasteiger partial charge in [0.25, 0.3) is 5.97 Å².